The molecule has 1 aromatic carbocycles. The number of hydrogen-bond acceptors (Lipinski definition) is 3. The van der Waals surface area contributed by atoms with Gasteiger partial charge in [-0.15, -0.1) is 0 Å². The van der Waals surface area contributed by atoms with Gasteiger partial charge >= 0.3 is 0 Å². The van der Waals surface area contributed by atoms with Crippen molar-refractivity contribution in [3.8, 4) is 0 Å². The van der Waals surface area contributed by atoms with Crippen molar-refractivity contribution in [2.45, 2.75) is 26.8 Å². The number of nitrogens with one attached hydrogen (secondary N) is 1. The first-order chi connectivity index (χ1) is 9.02. The van der Waals surface area contributed by atoms with Crippen LogP contribution in [0, 0.1) is 19.8 Å². The van der Waals surface area contributed by atoms with Gasteiger partial charge in [-0.05, 0) is 43.0 Å². The summed E-state index contributed by atoms with van der Waals surface area (Å²) in [6.07, 6.45) is 0. The van der Waals surface area contributed by atoms with Gasteiger partial charge in [-0.2, -0.15) is 0 Å². The van der Waals surface area contributed by atoms with E-state index in [9.17, 15) is 4.79 Å². The lowest BCUT2D eigenvalue weighted by molar-refractivity contribution is -0.121. The molecule has 1 aromatic rings. The van der Waals surface area contributed by atoms with Gasteiger partial charge in [0.1, 0.15) is 6.04 Å². The van der Waals surface area contributed by atoms with Gasteiger partial charge in [0.25, 0.3) is 0 Å². The topological polar surface area (TPSA) is 58.4 Å². The molecule has 4 heteroatoms. The van der Waals surface area contributed by atoms with E-state index in [1.54, 1.807) is 0 Å². The summed E-state index contributed by atoms with van der Waals surface area (Å²) < 4.78 is 0. The lowest BCUT2D eigenvalue weighted by Crippen LogP contribution is -2.49. The van der Waals surface area contributed by atoms with E-state index in [0.717, 1.165) is 18.8 Å². The molecule has 0 aromatic heterocycles. The molecule has 1 aliphatic rings. The number of amides is 1. The van der Waals surface area contributed by atoms with Crippen LogP contribution in [-0.2, 0) is 4.79 Å². The fourth-order valence-electron chi connectivity index (χ4n) is 2.49. The molecule has 1 heterocycles. The Morgan fingerprint density at radius 3 is 2.74 bits per heavy atom. The van der Waals surface area contributed by atoms with Crippen LogP contribution in [0.3, 0.4) is 0 Å². The van der Waals surface area contributed by atoms with Crippen molar-refractivity contribution in [1.29, 1.82) is 0 Å². The van der Waals surface area contributed by atoms with E-state index < -0.39 is 0 Å². The fourth-order valence-corrected chi connectivity index (χ4v) is 2.49. The number of benzene rings is 1. The summed E-state index contributed by atoms with van der Waals surface area (Å²) in [6, 6.07) is 6.05. The van der Waals surface area contributed by atoms with Crippen LogP contribution in [0.15, 0.2) is 18.2 Å². The molecule has 1 saturated heterocycles. The number of hydrogen-bond donors (Lipinski definition) is 2. The van der Waals surface area contributed by atoms with Crippen molar-refractivity contribution in [3.63, 3.8) is 0 Å². The molecule has 19 heavy (non-hydrogen) atoms. The number of anilines is 1. The molecule has 0 radical (unpaired) electrons. The second-order valence-electron chi connectivity index (χ2n) is 5.52. The first-order valence-electron chi connectivity index (χ1n) is 6.84. The molecule has 0 spiro atoms. The summed E-state index contributed by atoms with van der Waals surface area (Å²) in [4.78, 5) is 14.2. The Bertz CT molecular complexity index is 472. The average molecular weight is 261 g/mol. The summed E-state index contributed by atoms with van der Waals surface area (Å²) in [7, 11) is 0. The Morgan fingerprint density at radius 2 is 2.11 bits per heavy atom. The van der Waals surface area contributed by atoms with Gasteiger partial charge in [-0.3, -0.25) is 4.79 Å². The normalized spacial score (nSPS) is 24.0. The van der Waals surface area contributed by atoms with Crippen LogP contribution in [0.5, 0.6) is 0 Å². The van der Waals surface area contributed by atoms with E-state index in [1.165, 1.54) is 11.1 Å². The van der Waals surface area contributed by atoms with Crippen molar-refractivity contribution in [2.75, 3.05) is 24.5 Å². The van der Waals surface area contributed by atoms with Crippen LogP contribution in [0.25, 0.3) is 0 Å². The minimum atomic E-state index is -0.271. The molecule has 2 atom stereocenters. The van der Waals surface area contributed by atoms with Crippen LogP contribution < -0.4 is 16.0 Å². The SMILES string of the molecule is Cc1ccc(N2CC(C)CNC(=O)C2CN)cc1C. The number of carbonyl (C=O) groups excluding carboxylic acids is 1. The van der Waals surface area contributed by atoms with Crippen LogP contribution in [0.4, 0.5) is 5.69 Å². The van der Waals surface area contributed by atoms with Crippen molar-refractivity contribution in [1.82, 2.24) is 5.32 Å². The van der Waals surface area contributed by atoms with Crippen LogP contribution >= 0.6 is 0 Å². The highest BCUT2D eigenvalue weighted by atomic mass is 16.2. The highest BCUT2D eigenvalue weighted by Gasteiger charge is 2.29. The molecule has 1 aliphatic heterocycles. The quantitative estimate of drug-likeness (QED) is 0.841. The summed E-state index contributed by atoms with van der Waals surface area (Å²) in [6.45, 7) is 8.24. The highest BCUT2D eigenvalue weighted by Crippen LogP contribution is 2.23. The Labute approximate surface area is 115 Å². The summed E-state index contributed by atoms with van der Waals surface area (Å²) in [5.41, 5.74) is 9.39. The maximum absolute atomic E-state index is 12.1. The molecule has 0 bridgehead atoms. The second kappa shape index (κ2) is 5.61. The van der Waals surface area contributed by atoms with Gasteiger partial charge in [0.2, 0.25) is 5.91 Å². The third-order valence-electron chi connectivity index (χ3n) is 3.86. The van der Waals surface area contributed by atoms with E-state index in [4.69, 9.17) is 5.73 Å². The summed E-state index contributed by atoms with van der Waals surface area (Å²) >= 11 is 0. The smallest absolute Gasteiger partial charge is 0.244 e. The predicted octanol–water partition coefficient (Wildman–Crippen LogP) is 1.20. The second-order valence-corrected chi connectivity index (χ2v) is 5.52. The number of rotatable bonds is 2. The molecular formula is C15H23N3O. The van der Waals surface area contributed by atoms with E-state index in [0.29, 0.717) is 12.5 Å². The van der Waals surface area contributed by atoms with Crippen molar-refractivity contribution < 1.29 is 4.79 Å². The largest absolute Gasteiger partial charge is 0.358 e. The zero-order valence-electron chi connectivity index (χ0n) is 11.9. The lowest BCUT2D eigenvalue weighted by atomic mass is 10.1. The number of nitrogens with two attached hydrogens (primary N) is 1. The van der Waals surface area contributed by atoms with Gasteiger partial charge in [0.15, 0.2) is 0 Å². The Kier molecular flexibility index (Phi) is 4.10. The Morgan fingerprint density at radius 1 is 1.37 bits per heavy atom. The summed E-state index contributed by atoms with van der Waals surface area (Å²) in [5.74, 6) is 0.451. The first kappa shape index (κ1) is 13.9. The molecule has 0 aliphatic carbocycles. The minimum Gasteiger partial charge on any atom is -0.358 e. The lowest BCUT2D eigenvalue weighted by Gasteiger charge is -2.31. The Hall–Kier alpha value is -1.55. The number of carbonyl (C=O) groups is 1. The third-order valence-corrected chi connectivity index (χ3v) is 3.86. The molecule has 104 valence electrons. The van der Waals surface area contributed by atoms with Gasteiger partial charge in [-0.1, -0.05) is 13.0 Å². The third kappa shape index (κ3) is 2.89. The number of aryl methyl sites for hydroxylation is 2. The highest BCUT2D eigenvalue weighted by molar-refractivity contribution is 5.86. The fraction of sp³-hybridized carbons (Fsp3) is 0.533. The van der Waals surface area contributed by atoms with Gasteiger partial charge in [0, 0.05) is 25.3 Å². The van der Waals surface area contributed by atoms with Crippen molar-refractivity contribution in [2.24, 2.45) is 11.7 Å². The molecule has 0 saturated carbocycles. The summed E-state index contributed by atoms with van der Waals surface area (Å²) in [5, 5.41) is 2.96. The Balaban J connectivity index is 2.36. The molecule has 3 N–H and O–H groups in total. The zero-order chi connectivity index (χ0) is 14.0. The van der Waals surface area contributed by atoms with Gasteiger partial charge in [-0.25, -0.2) is 0 Å². The standard InChI is InChI=1S/C15H23N3O/c1-10-8-17-15(19)14(7-16)18(9-10)13-5-4-11(2)12(3)6-13/h4-6,10,14H,7-9,16H2,1-3H3,(H,17,19). The van der Waals surface area contributed by atoms with Crippen LogP contribution in [-0.4, -0.2) is 31.6 Å². The van der Waals surface area contributed by atoms with Crippen molar-refractivity contribution >= 4 is 11.6 Å². The van der Waals surface area contributed by atoms with E-state index in [2.05, 4.69) is 49.2 Å². The van der Waals surface area contributed by atoms with E-state index in [1.807, 2.05) is 0 Å². The van der Waals surface area contributed by atoms with E-state index >= 15 is 0 Å². The molecule has 4 nitrogen and oxygen atoms in total. The van der Waals surface area contributed by atoms with Crippen LogP contribution in [0.2, 0.25) is 0 Å². The zero-order valence-corrected chi connectivity index (χ0v) is 11.9. The van der Waals surface area contributed by atoms with E-state index in [-0.39, 0.29) is 11.9 Å². The molecular weight excluding hydrogens is 238 g/mol. The number of nitrogens with zero attached hydrogens (tertiary/aromatic N) is 1. The molecule has 2 rings (SSSR count). The molecule has 2 unspecified atom stereocenters. The monoisotopic (exact) mass is 261 g/mol. The van der Waals surface area contributed by atoms with Gasteiger partial charge < -0.3 is 16.0 Å². The maximum Gasteiger partial charge on any atom is 0.244 e. The molecule has 1 fully saturated rings. The van der Waals surface area contributed by atoms with Crippen LogP contribution in [0.1, 0.15) is 18.1 Å². The first-order valence-corrected chi connectivity index (χ1v) is 6.84. The minimum absolute atomic E-state index is 0.0325. The molecule has 1 amide bonds. The maximum atomic E-state index is 12.1. The predicted molar refractivity (Wildman–Crippen MR) is 78.3 cm³/mol. The van der Waals surface area contributed by atoms with Crippen molar-refractivity contribution in [3.05, 3.63) is 29.3 Å². The average Bonchev–Trinajstić information content (AvgIpc) is 2.52. The van der Waals surface area contributed by atoms with Gasteiger partial charge in [0.05, 0.1) is 0 Å².